The van der Waals surface area contributed by atoms with E-state index in [1.54, 1.807) is 0 Å². The molecule has 0 saturated heterocycles. The molecule has 0 aliphatic heterocycles. The van der Waals surface area contributed by atoms with Gasteiger partial charge in [-0.3, -0.25) is 9.89 Å². The average Bonchev–Trinajstić information content (AvgIpc) is 2.61. The summed E-state index contributed by atoms with van der Waals surface area (Å²) < 4.78 is 0.916. The fraction of sp³-hybridized carbons (Fsp3) is 0.0909. The zero-order valence-electron chi connectivity index (χ0n) is 8.62. The van der Waals surface area contributed by atoms with Gasteiger partial charge in [0, 0.05) is 12.5 Å². The summed E-state index contributed by atoms with van der Waals surface area (Å²) in [5.41, 5.74) is 1.88. The number of benzene rings is 1. The molecule has 0 spiro atoms. The molecule has 16 heavy (non-hydrogen) atoms. The van der Waals surface area contributed by atoms with Crippen LogP contribution < -0.4 is 5.32 Å². The number of nitrogens with one attached hydrogen (secondary N) is 2. The minimum atomic E-state index is -0.110. The van der Waals surface area contributed by atoms with Gasteiger partial charge < -0.3 is 5.32 Å². The third kappa shape index (κ3) is 2.24. The molecule has 5 heteroatoms. The molecule has 0 radical (unpaired) electrons. The van der Waals surface area contributed by atoms with E-state index in [2.05, 4.69) is 38.1 Å². The van der Waals surface area contributed by atoms with Crippen LogP contribution in [0.4, 0.5) is 5.82 Å². The van der Waals surface area contributed by atoms with Crippen molar-refractivity contribution in [1.29, 1.82) is 0 Å². The zero-order valence-corrected chi connectivity index (χ0v) is 10.8. The second kappa shape index (κ2) is 4.65. The van der Waals surface area contributed by atoms with Crippen molar-refractivity contribution in [2.45, 2.75) is 6.92 Å². The molecule has 2 aromatic rings. The van der Waals surface area contributed by atoms with E-state index in [4.69, 9.17) is 0 Å². The van der Waals surface area contributed by atoms with Crippen LogP contribution in [0.1, 0.15) is 6.92 Å². The Kier molecular flexibility index (Phi) is 3.23. The number of halogens is 1. The van der Waals surface area contributed by atoms with Crippen molar-refractivity contribution in [3.63, 3.8) is 0 Å². The minimum Gasteiger partial charge on any atom is -0.310 e. The number of carbonyl (C=O) groups is 1. The quantitative estimate of drug-likeness (QED) is 0.833. The summed E-state index contributed by atoms with van der Waals surface area (Å²) in [6.07, 6.45) is 0. The third-order valence-electron chi connectivity index (χ3n) is 2.06. The molecule has 0 atom stereocenters. The monoisotopic (exact) mass is 327 g/mol. The molecule has 0 fully saturated rings. The fourth-order valence-corrected chi connectivity index (χ4v) is 2.06. The smallest absolute Gasteiger partial charge is 0.222 e. The van der Waals surface area contributed by atoms with E-state index in [9.17, 15) is 4.79 Å². The highest BCUT2D eigenvalue weighted by atomic mass is 127. The predicted octanol–water partition coefficient (Wildman–Crippen LogP) is 2.64. The molecule has 0 bridgehead atoms. The maximum Gasteiger partial charge on any atom is 0.222 e. The lowest BCUT2D eigenvalue weighted by Crippen LogP contribution is -2.07. The highest BCUT2D eigenvalue weighted by Crippen LogP contribution is 2.27. The number of amides is 1. The van der Waals surface area contributed by atoms with Crippen LogP contribution in [-0.4, -0.2) is 16.1 Å². The van der Waals surface area contributed by atoms with E-state index in [1.165, 1.54) is 6.92 Å². The molecule has 0 aliphatic rings. The Bertz CT molecular complexity index is 507. The van der Waals surface area contributed by atoms with Gasteiger partial charge in [0.1, 0.15) is 11.5 Å². The first kappa shape index (κ1) is 11.1. The number of anilines is 1. The number of hydrogen-bond donors (Lipinski definition) is 2. The molecule has 2 N–H and O–H groups in total. The molecule has 1 amide bonds. The molecule has 2 rings (SSSR count). The number of rotatable bonds is 2. The summed E-state index contributed by atoms with van der Waals surface area (Å²) in [5, 5.41) is 9.70. The summed E-state index contributed by atoms with van der Waals surface area (Å²) in [6.45, 7) is 1.47. The van der Waals surface area contributed by atoms with Gasteiger partial charge in [0.25, 0.3) is 0 Å². The molecular weight excluding hydrogens is 317 g/mol. The van der Waals surface area contributed by atoms with Crippen LogP contribution in [0.15, 0.2) is 30.3 Å². The fourth-order valence-electron chi connectivity index (χ4n) is 1.37. The van der Waals surface area contributed by atoms with Crippen molar-refractivity contribution >= 4 is 34.3 Å². The van der Waals surface area contributed by atoms with Gasteiger partial charge in [-0.25, -0.2) is 0 Å². The predicted molar refractivity (Wildman–Crippen MR) is 71.0 cm³/mol. The van der Waals surface area contributed by atoms with Gasteiger partial charge in [-0.15, -0.1) is 0 Å². The van der Waals surface area contributed by atoms with Gasteiger partial charge in [0.15, 0.2) is 0 Å². The highest BCUT2D eigenvalue weighted by molar-refractivity contribution is 14.1. The SMILES string of the molecule is CC(=O)Nc1[nH]nc(-c2ccccc2)c1I. The number of carbonyl (C=O) groups excluding carboxylic acids is 1. The van der Waals surface area contributed by atoms with E-state index < -0.39 is 0 Å². The number of aromatic amines is 1. The van der Waals surface area contributed by atoms with Crippen molar-refractivity contribution in [2.24, 2.45) is 0 Å². The maximum atomic E-state index is 10.9. The summed E-state index contributed by atoms with van der Waals surface area (Å²) in [6, 6.07) is 9.83. The molecular formula is C11H10IN3O. The molecule has 82 valence electrons. The van der Waals surface area contributed by atoms with E-state index >= 15 is 0 Å². The van der Waals surface area contributed by atoms with Crippen molar-refractivity contribution in [1.82, 2.24) is 10.2 Å². The average molecular weight is 327 g/mol. The van der Waals surface area contributed by atoms with Crippen LogP contribution in [0.5, 0.6) is 0 Å². The number of hydrogen-bond acceptors (Lipinski definition) is 2. The van der Waals surface area contributed by atoms with Gasteiger partial charge in [0.2, 0.25) is 5.91 Å². The zero-order chi connectivity index (χ0) is 11.5. The molecule has 0 unspecified atom stereocenters. The van der Waals surface area contributed by atoms with Crippen LogP contribution in [-0.2, 0) is 4.79 Å². The lowest BCUT2D eigenvalue weighted by Gasteiger charge is -1.99. The topological polar surface area (TPSA) is 57.8 Å². The van der Waals surface area contributed by atoms with Gasteiger partial charge in [-0.2, -0.15) is 5.10 Å². The first-order valence-electron chi connectivity index (χ1n) is 4.75. The number of aromatic nitrogens is 2. The first-order valence-corrected chi connectivity index (χ1v) is 5.83. The van der Waals surface area contributed by atoms with Crippen molar-refractivity contribution in [3.8, 4) is 11.3 Å². The Morgan fingerprint density at radius 3 is 2.69 bits per heavy atom. The maximum absolute atomic E-state index is 10.9. The molecule has 1 heterocycles. The van der Waals surface area contributed by atoms with Crippen molar-refractivity contribution in [3.05, 3.63) is 33.9 Å². The standard InChI is InChI=1S/C11H10IN3O/c1-7(16)13-11-9(12)10(14-15-11)8-5-3-2-4-6-8/h2-6H,1H3,(H2,13,14,15,16). The third-order valence-corrected chi connectivity index (χ3v) is 3.11. The van der Waals surface area contributed by atoms with Crippen LogP contribution in [0.25, 0.3) is 11.3 Å². The van der Waals surface area contributed by atoms with Crippen LogP contribution in [0.2, 0.25) is 0 Å². The van der Waals surface area contributed by atoms with E-state index in [0.29, 0.717) is 5.82 Å². The lowest BCUT2D eigenvalue weighted by molar-refractivity contribution is -0.114. The Morgan fingerprint density at radius 1 is 1.38 bits per heavy atom. The van der Waals surface area contributed by atoms with Crippen molar-refractivity contribution in [2.75, 3.05) is 5.32 Å². The second-order valence-electron chi connectivity index (χ2n) is 3.31. The Labute approximate surface area is 107 Å². The van der Waals surface area contributed by atoms with E-state index in [1.807, 2.05) is 30.3 Å². The van der Waals surface area contributed by atoms with E-state index in [0.717, 1.165) is 14.8 Å². The van der Waals surface area contributed by atoms with Gasteiger partial charge in [0.05, 0.1) is 3.57 Å². The largest absolute Gasteiger partial charge is 0.310 e. The Hall–Kier alpha value is -1.37. The lowest BCUT2D eigenvalue weighted by atomic mass is 10.1. The van der Waals surface area contributed by atoms with Gasteiger partial charge in [-0.1, -0.05) is 30.3 Å². The van der Waals surface area contributed by atoms with Crippen LogP contribution >= 0.6 is 22.6 Å². The minimum absolute atomic E-state index is 0.110. The summed E-state index contributed by atoms with van der Waals surface area (Å²) >= 11 is 2.16. The molecule has 0 saturated carbocycles. The normalized spacial score (nSPS) is 10.1. The Morgan fingerprint density at radius 2 is 2.06 bits per heavy atom. The molecule has 1 aromatic heterocycles. The molecule has 0 aliphatic carbocycles. The van der Waals surface area contributed by atoms with Crippen molar-refractivity contribution < 1.29 is 4.79 Å². The molecule has 4 nitrogen and oxygen atoms in total. The second-order valence-corrected chi connectivity index (χ2v) is 4.39. The first-order chi connectivity index (χ1) is 7.68. The number of H-pyrrole nitrogens is 1. The van der Waals surface area contributed by atoms with Crippen LogP contribution in [0, 0.1) is 3.57 Å². The number of nitrogens with zero attached hydrogens (tertiary/aromatic N) is 1. The highest BCUT2D eigenvalue weighted by Gasteiger charge is 2.12. The molecule has 1 aromatic carbocycles. The Balaban J connectivity index is 2.37. The summed E-state index contributed by atoms with van der Waals surface area (Å²) in [7, 11) is 0. The van der Waals surface area contributed by atoms with Crippen LogP contribution in [0.3, 0.4) is 0 Å². The van der Waals surface area contributed by atoms with E-state index in [-0.39, 0.29) is 5.91 Å². The van der Waals surface area contributed by atoms with Gasteiger partial charge in [-0.05, 0) is 22.6 Å². The summed E-state index contributed by atoms with van der Waals surface area (Å²) in [5.74, 6) is 0.535. The summed E-state index contributed by atoms with van der Waals surface area (Å²) in [4.78, 5) is 10.9. The van der Waals surface area contributed by atoms with Gasteiger partial charge >= 0.3 is 0 Å².